The van der Waals surface area contributed by atoms with Crippen LogP contribution >= 0.6 is 0 Å². The normalized spacial score (nSPS) is 9.29. The number of hydrogen-bond acceptors (Lipinski definition) is 5. The van der Waals surface area contributed by atoms with Crippen molar-refractivity contribution >= 4 is 35.0 Å². The van der Waals surface area contributed by atoms with Crippen LogP contribution in [0.1, 0.15) is 124 Å². The van der Waals surface area contributed by atoms with Gasteiger partial charge < -0.3 is 25.5 Å². The Kier molecular flexibility index (Phi) is 42.9. The Morgan fingerprint density at radius 1 is 0.571 bits per heavy atom. The first-order chi connectivity index (χ1) is 12.9. The standard InChI is InChI=1S/C18H39N.2C2H4O2.Mg/c1-2-3-4-5-6-7-8-9-10-11-12-13-14-15-16-17-18-19;2*1-2(3)4;/h2-19H2,1H3;2*1H3,(H,3,4);/q;;;+2/p-2. The molecule has 0 saturated heterocycles. The summed E-state index contributed by atoms with van der Waals surface area (Å²) >= 11 is 0. The van der Waals surface area contributed by atoms with E-state index >= 15 is 0 Å². The zero-order valence-corrected chi connectivity index (χ0v) is 20.4. The van der Waals surface area contributed by atoms with E-state index in [0.29, 0.717) is 0 Å². The van der Waals surface area contributed by atoms with Gasteiger partial charge in [0.05, 0.1) is 0 Å². The van der Waals surface area contributed by atoms with Crippen LogP contribution in [0.25, 0.3) is 0 Å². The van der Waals surface area contributed by atoms with E-state index in [1.165, 1.54) is 103 Å². The van der Waals surface area contributed by atoms with Crippen molar-refractivity contribution in [2.75, 3.05) is 6.54 Å². The Bertz CT molecular complexity index is 266. The predicted molar refractivity (Wildman–Crippen MR) is 116 cm³/mol. The third-order valence-electron chi connectivity index (χ3n) is 4.06. The summed E-state index contributed by atoms with van der Waals surface area (Å²) in [5.74, 6) is -2.17. The monoisotopic (exact) mass is 411 g/mol. The topological polar surface area (TPSA) is 106 Å². The SMILES string of the molecule is CC(=O)[O-].CC(=O)[O-].CCCCCCCCCCCCCCCCCCN.[Mg+2]. The number of nitrogens with two attached hydrogens (primary N) is 1. The summed E-state index contributed by atoms with van der Waals surface area (Å²) in [7, 11) is 0. The van der Waals surface area contributed by atoms with Gasteiger partial charge in [-0.25, -0.2) is 0 Å². The minimum absolute atomic E-state index is 0. The van der Waals surface area contributed by atoms with Crippen molar-refractivity contribution < 1.29 is 19.8 Å². The van der Waals surface area contributed by atoms with Crippen LogP contribution < -0.4 is 15.9 Å². The molecular formula is C22H45MgNO4. The molecule has 0 bridgehead atoms. The van der Waals surface area contributed by atoms with E-state index in [1.54, 1.807) is 0 Å². The molecule has 164 valence electrons. The Morgan fingerprint density at radius 2 is 0.750 bits per heavy atom. The largest absolute Gasteiger partial charge is 2.00 e. The van der Waals surface area contributed by atoms with Gasteiger partial charge in [-0.1, -0.05) is 103 Å². The van der Waals surface area contributed by atoms with Crippen LogP contribution in [0.3, 0.4) is 0 Å². The van der Waals surface area contributed by atoms with Gasteiger partial charge in [-0.2, -0.15) is 0 Å². The second-order valence-electron chi connectivity index (χ2n) is 7.08. The van der Waals surface area contributed by atoms with Crippen molar-refractivity contribution in [2.45, 2.75) is 124 Å². The summed E-state index contributed by atoms with van der Waals surface area (Å²) in [4.78, 5) is 17.8. The summed E-state index contributed by atoms with van der Waals surface area (Å²) in [6, 6.07) is 0. The molecule has 0 saturated carbocycles. The van der Waals surface area contributed by atoms with Crippen LogP contribution in [-0.4, -0.2) is 41.5 Å². The van der Waals surface area contributed by atoms with Crippen LogP contribution in [0, 0.1) is 0 Å². The molecule has 0 fully saturated rings. The number of rotatable bonds is 16. The van der Waals surface area contributed by atoms with Gasteiger partial charge in [-0.15, -0.1) is 0 Å². The molecule has 0 radical (unpaired) electrons. The van der Waals surface area contributed by atoms with E-state index in [0.717, 1.165) is 20.4 Å². The average Bonchev–Trinajstić information content (AvgIpc) is 2.57. The first-order valence-electron chi connectivity index (χ1n) is 10.9. The minimum Gasteiger partial charge on any atom is -0.550 e. The van der Waals surface area contributed by atoms with Gasteiger partial charge in [0.2, 0.25) is 0 Å². The maximum atomic E-state index is 8.89. The summed E-state index contributed by atoms with van der Waals surface area (Å²) in [6.45, 7) is 5.11. The predicted octanol–water partition coefficient (Wildman–Crippen LogP) is 3.34. The molecule has 0 aromatic carbocycles. The van der Waals surface area contributed by atoms with Gasteiger partial charge in [0.25, 0.3) is 0 Å². The second-order valence-corrected chi connectivity index (χ2v) is 7.08. The molecule has 0 aromatic heterocycles. The summed E-state index contributed by atoms with van der Waals surface area (Å²) in [6.07, 6.45) is 22.9. The zero-order chi connectivity index (χ0) is 21.2. The first kappa shape index (κ1) is 35.1. The molecule has 0 aliphatic rings. The molecule has 0 aliphatic heterocycles. The first-order valence-corrected chi connectivity index (χ1v) is 10.9. The summed E-state index contributed by atoms with van der Waals surface area (Å²) in [5.41, 5.74) is 5.48. The van der Waals surface area contributed by atoms with Crippen molar-refractivity contribution in [3.8, 4) is 0 Å². The van der Waals surface area contributed by atoms with Crippen LogP contribution in [0.15, 0.2) is 0 Å². The number of carboxylic acid groups (broad SMARTS) is 2. The number of carbonyl (C=O) groups is 2. The van der Waals surface area contributed by atoms with Gasteiger partial charge in [0.1, 0.15) is 0 Å². The van der Waals surface area contributed by atoms with E-state index in [1.807, 2.05) is 0 Å². The molecule has 0 atom stereocenters. The van der Waals surface area contributed by atoms with Gasteiger partial charge in [0, 0.05) is 11.9 Å². The van der Waals surface area contributed by atoms with Crippen LogP contribution in [0.5, 0.6) is 0 Å². The molecule has 0 heterocycles. The van der Waals surface area contributed by atoms with E-state index < -0.39 is 11.9 Å². The summed E-state index contributed by atoms with van der Waals surface area (Å²) in [5, 5.41) is 17.8. The van der Waals surface area contributed by atoms with Crippen molar-refractivity contribution in [3.63, 3.8) is 0 Å². The van der Waals surface area contributed by atoms with Crippen LogP contribution in [-0.2, 0) is 9.59 Å². The number of aliphatic carboxylic acids is 2. The van der Waals surface area contributed by atoms with Gasteiger partial charge in [-0.3, -0.25) is 0 Å². The summed E-state index contributed by atoms with van der Waals surface area (Å²) < 4.78 is 0. The molecule has 0 aliphatic carbocycles. The number of carboxylic acids is 2. The fourth-order valence-electron chi connectivity index (χ4n) is 2.69. The van der Waals surface area contributed by atoms with E-state index in [-0.39, 0.29) is 23.1 Å². The minimum atomic E-state index is -1.08. The Morgan fingerprint density at radius 3 is 0.929 bits per heavy atom. The van der Waals surface area contributed by atoms with Gasteiger partial charge in [-0.05, 0) is 26.8 Å². The molecule has 0 spiro atoms. The Balaban J connectivity index is -0.000000270. The zero-order valence-electron chi connectivity index (χ0n) is 18.9. The molecular weight excluding hydrogens is 367 g/mol. The Hall–Kier alpha value is -0.334. The smallest absolute Gasteiger partial charge is 0.550 e. The molecule has 0 rings (SSSR count). The second kappa shape index (κ2) is 34.2. The average molecular weight is 412 g/mol. The van der Waals surface area contributed by atoms with Crippen LogP contribution in [0.2, 0.25) is 0 Å². The molecule has 0 unspecified atom stereocenters. The third-order valence-corrected chi connectivity index (χ3v) is 4.06. The molecule has 6 heteroatoms. The van der Waals surface area contributed by atoms with Crippen molar-refractivity contribution in [1.82, 2.24) is 0 Å². The van der Waals surface area contributed by atoms with E-state index in [2.05, 4.69) is 6.92 Å². The van der Waals surface area contributed by atoms with Crippen molar-refractivity contribution in [2.24, 2.45) is 5.73 Å². The maximum absolute atomic E-state index is 8.89. The third kappa shape index (κ3) is 63.6. The van der Waals surface area contributed by atoms with Gasteiger partial charge in [0.15, 0.2) is 0 Å². The number of carbonyl (C=O) groups excluding carboxylic acids is 2. The van der Waals surface area contributed by atoms with Crippen molar-refractivity contribution in [3.05, 3.63) is 0 Å². The number of hydrogen-bond donors (Lipinski definition) is 1. The number of unbranched alkanes of at least 4 members (excludes halogenated alkanes) is 15. The molecule has 2 N–H and O–H groups in total. The molecule has 0 aromatic rings. The maximum Gasteiger partial charge on any atom is 2.00 e. The van der Waals surface area contributed by atoms with E-state index in [9.17, 15) is 0 Å². The quantitative estimate of drug-likeness (QED) is 0.309. The van der Waals surface area contributed by atoms with Crippen LogP contribution in [0.4, 0.5) is 0 Å². The Labute approximate surface area is 190 Å². The molecule has 28 heavy (non-hydrogen) atoms. The fourth-order valence-corrected chi connectivity index (χ4v) is 2.69. The van der Waals surface area contributed by atoms with Crippen molar-refractivity contribution in [1.29, 1.82) is 0 Å². The van der Waals surface area contributed by atoms with Gasteiger partial charge >= 0.3 is 23.1 Å². The molecule has 0 amide bonds. The molecule has 5 nitrogen and oxygen atoms in total. The fraction of sp³-hybridized carbons (Fsp3) is 0.909. The van der Waals surface area contributed by atoms with E-state index in [4.69, 9.17) is 25.5 Å².